The fourth-order valence-electron chi connectivity index (χ4n) is 2.69. The molecule has 126 valence electrons. The minimum Gasteiger partial charge on any atom is -0.492 e. The molecule has 2 heterocycles. The largest absolute Gasteiger partial charge is 0.492 e. The second kappa shape index (κ2) is 6.09. The highest BCUT2D eigenvalue weighted by molar-refractivity contribution is 6.32. The molecule has 0 aliphatic carbocycles. The molecule has 0 saturated heterocycles. The molecule has 1 aromatic heterocycles. The summed E-state index contributed by atoms with van der Waals surface area (Å²) in [6.45, 7) is 5.99. The van der Waals surface area contributed by atoms with Gasteiger partial charge in [0.1, 0.15) is 5.75 Å². The molecule has 8 heteroatoms. The summed E-state index contributed by atoms with van der Waals surface area (Å²) in [5, 5.41) is 14.2. The van der Waals surface area contributed by atoms with Gasteiger partial charge in [-0.05, 0) is 38.5 Å². The van der Waals surface area contributed by atoms with Crippen LogP contribution in [0.1, 0.15) is 19.5 Å². The third-order valence-corrected chi connectivity index (χ3v) is 4.08. The van der Waals surface area contributed by atoms with Crippen LogP contribution in [0.5, 0.6) is 5.75 Å². The fraction of sp³-hybridized carbons (Fsp3) is 0.250. The van der Waals surface area contributed by atoms with E-state index in [4.69, 9.17) is 16.3 Å². The number of hydrogen-bond donors (Lipinski definition) is 3. The Hall–Kier alpha value is -2.67. The number of carboxylic acids is 1. The third-order valence-electron chi connectivity index (χ3n) is 3.78. The minimum atomic E-state index is -1.05. The predicted molar refractivity (Wildman–Crippen MR) is 91.9 cm³/mol. The lowest BCUT2D eigenvalue weighted by atomic mass is 10.1. The first kappa shape index (κ1) is 16.2. The van der Waals surface area contributed by atoms with Gasteiger partial charge in [0.25, 0.3) is 0 Å². The Labute approximate surface area is 143 Å². The molecule has 0 spiro atoms. The second-order valence-electron chi connectivity index (χ2n) is 5.31. The highest BCUT2D eigenvalue weighted by Crippen LogP contribution is 2.38. The zero-order valence-electron chi connectivity index (χ0n) is 13.5. The highest BCUT2D eigenvalue weighted by atomic mass is 35.5. The molecule has 0 bridgehead atoms. The number of allylic oxidation sites excluding steroid dienone is 1. The number of aromatic nitrogens is 2. The Morgan fingerprint density at radius 2 is 2.12 bits per heavy atom. The normalized spacial score (nSPS) is 13.2. The van der Waals surface area contributed by atoms with E-state index in [9.17, 15) is 9.90 Å². The molecule has 2 aromatic rings. The summed E-state index contributed by atoms with van der Waals surface area (Å²) in [7, 11) is 0. The van der Waals surface area contributed by atoms with Crippen LogP contribution in [0.15, 0.2) is 23.9 Å². The molecule has 0 radical (unpaired) electrons. The number of ether oxygens (including phenoxy) is 1. The van der Waals surface area contributed by atoms with E-state index in [1.54, 1.807) is 11.6 Å². The van der Waals surface area contributed by atoms with E-state index >= 15 is 0 Å². The number of aryl methyl sites for hydroxylation is 1. The first-order valence-corrected chi connectivity index (χ1v) is 7.80. The quantitative estimate of drug-likeness (QED) is 0.786. The Bertz CT molecular complexity index is 857. The molecular weight excluding hydrogens is 332 g/mol. The number of benzene rings is 1. The van der Waals surface area contributed by atoms with Crippen molar-refractivity contribution < 1.29 is 14.6 Å². The van der Waals surface area contributed by atoms with Gasteiger partial charge < -0.3 is 9.84 Å². The van der Waals surface area contributed by atoms with E-state index < -0.39 is 5.97 Å². The lowest BCUT2D eigenvalue weighted by Crippen LogP contribution is -2.33. The molecular formula is C16H17ClN4O3. The number of fused-ring (bicyclic) bond motifs is 1. The van der Waals surface area contributed by atoms with Crippen molar-refractivity contribution in [3.8, 4) is 16.9 Å². The van der Waals surface area contributed by atoms with Crippen LogP contribution in [0.25, 0.3) is 16.8 Å². The number of carboxylic acid groups (broad SMARTS) is 1. The SMILES string of the molecule is CCOc1ccc(-c2c(C)nn3c2NNC(C(=O)O)=C3C)cc1Cl. The summed E-state index contributed by atoms with van der Waals surface area (Å²) >= 11 is 6.28. The molecule has 3 N–H and O–H groups in total. The molecule has 1 aliphatic rings. The molecule has 0 fully saturated rings. The van der Waals surface area contributed by atoms with Crippen LogP contribution < -0.4 is 15.6 Å². The van der Waals surface area contributed by atoms with Gasteiger partial charge in [0.15, 0.2) is 11.5 Å². The van der Waals surface area contributed by atoms with Crippen molar-refractivity contribution in [1.82, 2.24) is 15.2 Å². The van der Waals surface area contributed by atoms with E-state index in [0.29, 0.717) is 28.9 Å². The number of anilines is 1. The number of rotatable bonds is 4. The predicted octanol–water partition coefficient (Wildman–Crippen LogP) is 3.11. The molecule has 24 heavy (non-hydrogen) atoms. The zero-order valence-corrected chi connectivity index (χ0v) is 14.2. The van der Waals surface area contributed by atoms with Crippen LogP contribution in [-0.2, 0) is 4.79 Å². The van der Waals surface area contributed by atoms with Gasteiger partial charge in [-0.3, -0.25) is 10.9 Å². The summed E-state index contributed by atoms with van der Waals surface area (Å²) < 4.78 is 7.03. The lowest BCUT2D eigenvalue weighted by Gasteiger charge is -2.21. The van der Waals surface area contributed by atoms with Crippen molar-refractivity contribution in [2.45, 2.75) is 20.8 Å². The number of halogens is 1. The third kappa shape index (κ3) is 2.56. The van der Waals surface area contributed by atoms with E-state index in [1.807, 2.05) is 32.0 Å². The second-order valence-corrected chi connectivity index (χ2v) is 5.72. The maximum Gasteiger partial charge on any atom is 0.355 e. The van der Waals surface area contributed by atoms with E-state index in [-0.39, 0.29) is 5.70 Å². The fourth-order valence-corrected chi connectivity index (χ4v) is 2.92. The van der Waals surface area contributed by atoms with Gasteiger partial charge in [-0.1, -0.05) is 17.7 Å². The number of hydrazine groups is 1. The molecule has 0 atom stereocenters. The summed E-state index contributed by atoms with van der Waals surface area (Å²) in [5.41, 5.74) is 8.64. The van der Waals surface area contributed by atoms with Crippen LogP contribution in [0.3, 0.4) is 0 Å². The van der Waals surface area contributed by atoms with Crippen LogP contribution in [0.4, 0.5) is 5.82 Å². The number of hydrogen-bond acceptors (Lipinski definition) is 5. The number of carbonyl (C=O) groups is 1. The summed E-state index contributed by atoms with van der Waals surface area (Å²) in [4.78, 5) is 11.2. The van der Waals surface area contributed by atoms with Crippen LogP contribution in [0.2, 0.25) is 5.02 Å². The maximum atomic E-state index is 11.2. The van der Waals surface area contributed by atoms with E-state index in [0.717, 1.165) is 16.8 Å². The highest BCUT2D eigenvalue weighted by Gasteiger charge is 2.26. The van der Waals surface area contributed by atoms with Crippen molar-refractivity contribution >= 4 is 29.1 Å². The van der Waals surface area contributed by atoms with Crippen LogP contribution in [-0.4, -0.2) is 27.5 Å². The summed E-state index contributed by atoms with van der Waals surface area (Å²) in [6.07, 6.45) is 0. The molecule has 3 rings (SSSR count). The number of nitrogens with one attached hydrogen (secondary N) is 2. The molecule has 7 nitrogen and oxygen atoms in total. The Morgan fingerprint density at radius 3 is 2.75 bits per heavy atom. The van der Waals surface area contributed by atoms with Crippen molar-refractivity contribution in [1.29, 1.82) is 0 Å². The van der Waals surface area contributed by atoms with Crippen molar-refractivity contribution in [2.24, 2.45) is 0 Å². The molecule has 0 saturated carbocycles. The minimum absolute atomic E-state index is 0.0567. The summed E-state index contributed by atoms with van der Waals surface area (Å²) in [6, 6.07) is 5.52. The van der Waals surface area contributed by atoms with Gasteiger partial charge in [-0.2, -0.15) is 5.10 Å². The first-order valence-electron chi connectivity index (χ1n) is 7.43. The van der Waals surface area contributed by atoms with E-state index in [2.05, 4.69) is 16.0 Å². The molecule has 0 unspecified atom stereocenters. The zero-order chi connectivity index (χ0) is 17.4. The Kier molecular flexibility index (Phi) is 4.11. The first-order chi connectivity index (χ1) is 11.4. The monoisotopic (exact) mass is 348 g/mol. The van der Waals surface area contributed by atoms with Crippen molar-refractivity contribution in [3.63, 3.8) is 0 Å². The topological polar surface area (TPSA) is 88.4 Å². The van der Waals surface area contributed by atoms with Gasteiger partial charge in [-0.25, -0.2) is 9.48 Å². The average Bonchev–Trinajstić information content (AvgIpc) is 2.86. The average molecular weight is 349 g/mol. The lowest BCUT2D eigenvalue weighted by molar-refractivity contribution is -0.133. The molecule has 0 amide bonds. The molecule has 1 aliphatic heterocycles. The Balaban J connectivity index is 2.11. The van der Waals surface area contributed by atoms with Gasteiger partial charge in [0, 0.05) is 5.56 Å². The van der Waals surface area contributed by atoms with Gasteiger partial charge in [-0.15, -0.1) is 0 Å². The summed E-state index contributed by atoms with van der Waals surface area (Å²) in [5.74, 6) is 0.233. The Morgan fingerprint density at radius 1 is 1.38 bits per heavy atom. The van der Waals surface area contributed by atoms with Crippen molar-refractivity contribution in [2.75, 3.05) is 12.0 Å². The van der Waals surface area contributed by atoms with Gasteiger partial charge >= 0.3 is 5.97 Å². The van der Waals surface area contributed by atoms with Crippen LogP contribution in [0, 0.1) is 6.92 Å². The van der Waals surface area contributed by atoms with Crippen molar-refractivity contribution in [3.05, 3.63) is 34.6 Å². The maximum absolute atomic E-state index is 11.2. The standard InChI is InChI=1S/C16H17ClN4O3/c1-4-24-12-6-5-10(7-11(12)17)13-8(2)20-21-9(3)14(16(22)23)18-19-15(13)21/h5-7,18-19H,4H2,1-3H3,(H,22,23). The number of aliphatic carboxylic acids is 1. The van der Waals surface area contributed by atoms with Crippen LogP contribution >= 0.6 is 11.6 Å². The van der Waals surface area contributed by atoms with Gasteiger partial charge in [0.05, 0.1) is 23.0 Å². The molecule has 1 aromatic carbocycles. The smallest absolute Gasteiger partial charge is 0.355 e. The number of nitrogens with zero attached hydrogens (tertiary/aromatic N) is 2. The van der Waals surface area contributed by atoms with E-state index in [1.165, 1.54) is 0 Å². The van der Waals surface area contributed by atoms with Gasteiger partial charge in [0.2, 0.25) is 0 Å².